The summed E-state index contributed by atoms with van der Waals surface area (Å²) >= 11 is 0. The fourth-order valence-electron chi connectivity index (χ4n) is 1.56. The Morgan fingerprint density at radius 3 is 2.31 bits per heavy atom. The first kappa shape index (κ1) is 12.2. The van der Waals surface area contributed by atoms with Crippen molar-refractivity contribution in [2.24, 2.45) is 0 Å². The maximum Gasteiger partial charge on any atom is 0.335 e. The number of carboxylic acid groups (broad SMARTS) is 2. The van der Waals surface area contributed by atoms with Gasteiger partial charge >= 0.3 is 11.9 Å². The number of aliphatic carboxylic acids is 1. The minimum Gasteiger partial charge on any atom is -0.481 e. The van der Waals surface area contributed by atoms with Crippen LogP contribution in [0.3, 0.4) is 0 Å². The second kappa shape index (κ2) is 4.79. The third-order valence-electron chi connectivity index (χ3n) is 2.63. The number of carboxylic acids is 2. The van der Waals surface area contributed by atoms with Crippen molar-refractivity contribution in [3.8, 4) is 0 Å². The Kier molecular flexibility index (Phi) is 3.66. The average molecular weight is 222 g/mol. The number of rotatable bonds is 4. The highest BCUT2D eigenvalue weighted by molar-refractivity contribution is 5.88. The van der Waals surface area contributed by atoms with Crippen molar-refractivity contribution in [3.63, 3.8) is 0 Å². The van der Waals surface area contributed by atoms with Crippen molar-refractivity contribution in [2.45, 2.75) is 26.7 Å². The zero-order valence-electron chi connectivity index (χ0n) is 9.28. The van der Waals surface area contributed by atoms with Crippen LogP contribution < -0.4 is 0 Å². The summed E-state index contributed by atoms with van der Waals surface area (Å²) in [6, 6.07) is 3.15. The van der Waals surface area contributed by atoms with Crippen molar-refractivity contribution in [1.29, 1.82) is 0 Å². The highest BCUT2D eigenvalue weighted by Gasteiger charge is 2.10. The van der Waals surface area contributed by atoms with E-state index in [0.717, 1.165) is 16.7 Å². The number of carbonyl (C=O) groups is 2. The molecule has 1 aromatic rings. The van der Waals surface area contributed by atoms with E-state index in [1.54, 1.807) is 12.1 Å². The lowest BCUT2D eigenvalue weighted by molar-refractivity contribution is -0.136. The van der Waals surface area contributed by atoms with Crippen molar-refractivity contribution in [3.05, 3.63) is 34.4 Å². The SMILES string of the molecule is Cc1cc(C(=O)O)cc(CCC(=O)O)c1C. The average Bonchev–Trinajstić information content (AvgIpc) is 2.19. The predicted octanol–water partition coefficient (Wildman–Crippen LogP) is 2.02. The van der Waals surface area contributed by atoms with Crippen LogP contribution in [0.4, 0.5) is 0 Å². The molecule has 0 aliphatic carbocycles. The van der Waals surface area contributed by atoms with Crippen LogP contribution >= 0.6 is 0 Å². The highest BCUT2D eigenvalue weighted by Crippen LogP contribution is 2.18. The number of hydrogen-bond donors (Lipinski definition) is 2. The molecule has 0 saturated heterocycles. The summed E-state index contributed by atoms with van der Waals surface area (Å²) in [4.78, 5) is 21.3. The molecule has 4 nitrogen and oxygen atoms in total. The molecule has 0 spiro atoms. The third kappa shape index (κ3) is 2.82. The maximum atomic E-state index is 10.8. The molecule has 1 aromatic carbocycles. The minimum atomic E-state index is -0.986. The zero-order chi connectivity index (χ0) is 12.3. The predicted molar refractivity (Wildman–Crippen MR) is 58.8 cm³/mol. The molecule has 0 saturated carbocycles. The quantitative estimate of drug-likeness (QED) is 0.817. The Balaban J connectivity index is 3.06. The maximum absolute atomic E-state index is 10.8. The van der Waals surface area contributed by atoms with Gasteiger partial charge in [-0.2, -0.15) is 0 Å². The van der Waals surface area contributed by atoms with E-state index >= 15 is 0 Å². The molecule has 0 radical (unpaired) electrons. The Hall–Kier alpha value is -1.84. The van der Waals surface area contributed by atoms with Crippen LogP contribution in [0.1, 0.15) is 33.5 Å². The topological polar surface area (TPSA) is 74.6 Å². The molecular weight excluding hydrogens is 208 g/mol. The molecule has 1 rings (SSSR count). The van der Waals surface area contributed by atoms with Gasteiger partial charge in [0.15, 0.2) is 0 Å². The molecule has 0 amide bonds. The number of aromatic carboxylic acids is 1. The minimum absolute atomic E-state index is 0.0172. The lowest BCUT2D eigenvalue weighted by Crippen LogP contribution is -2.04. The number of hydrogen-bond acceptors (Lipinski definition) is 2. The second-order valence-electron chi connectivity index (χ2n) is 3.78. The van der Waals surface area contributed by atoms with E-state index in [1.807, 2.05) is 13.8 Å². The van der Waals surface area contributed by atoms with Crippen LogP contribution in [0.2, 0.25) is 0 Å². The molecule has 0 fully saturated rings. The van der Waals surface area contributed by atoms with E-state index in [1.165, 1.54) is 0 Å². The first-order valence-electron chi connectivity index (χ1n) is 4.97. The van der Waals surface area contributed by atoms with Crippen LogP contribution in [0.15, 0.2) is 12.1 Å². The molecule has 0 heterocycles. The summed E-state index contributed by atoms with van der Waals surface area (Å²) in [6.07, 6.45) is 0.381. The third-order valence-corrected chi connectivity index (χ3v) is 2.63. The fourth-order valence-corrected chi connectivity index (χ4v) is 1.56. The summed E-state index contributed by atoms with van der Waals surface area (Å²) in [5.74, 6) is -1.86. The van der Waals surface area contributed by atoms with E-state index in [-0.39, 0.29) is 12.0 Å². The molecule has 2 N–H and O–H groups in total. The molecule has 86 valence electrons. The molecule has 0 aliphatic rings. The number of aryl methyl sites for hydroxylation is 2. The van der Waals surface area contributed by atoms with Gasteiger partial charge in [-0.05, 0) is 49.1 Å². The molecule has 4 heteroatoms. The Morgan fingerprint density at radius 1 is 1.19 bits per heavy atom. The van der Waals surface area contributed by atoms with Crippen molar-refractivity contribution in [2.75, 3.05) is 0 Å². The van der Waals surface area contributed by atoms with Gasteiger partial charge in [-0.1, -0.05) is 0 Å². The summed E-state index contributed by atoms with van der Waals surface area (Å²) in [6.45, 7) is 3.70. The van der Waals surface area contributed by atoms with E-state index in [0.29, 0.717) is 6.42 Å². The summed E-state index contributed by atoms with van der Waals surface area (Å²) < 4.78 is 0. The normalized spacial score (nSPS) is 10.1. The van der Waals surface area contributed by atoms with Gasteiger partial charge in [-0.15, -0.1) is 0 Å². The summed E-state index contributed by atoms with van der Waals surface area (Å²) in [5.41, 5.74) is 2.84. The van der Waals surface area contributed by atoms with Gasteiger partial charge in [0.2, 0.25) is 0 Å². The van der Waals surface area contributed by atoms with Crippen LogP contribution in [0.25, 0.3) is 0 Å². The largest absolute Gasteiger partial charge is 0.481 e. The van der Waals surface area contributed by atoms with Crippen LogP contribution in [-0.2, 0) is 11.2 Å². The van der Waals surface area contributed by atoms with Gasteiger partial charge < -0.3 is 10.2 Å². The Labute approximate surface area is 93.5 Å². The van der Waals surface area contributed by atoms with Crippen LogP contribution in [0.5, 0.6) is 0 Å². The Morgan fingerprint density at radius 2 is 1.81 bits per heavy atom. The van der Waals surface area contributed by atoms with Gasteiger partial charge in [0.05, 0.1) is 5.56 Å². The monoisotopic (exact) mass is 222 g/mol. The van der Waals surface area contributed by atoms with E-state index in [4.69, 9.17) is 10.2 Å². The van der Waals surface area contributed by atoms with Gasteiger partial charge in [0.1, 0.15) is 0 Å². The second-order valence-corrected chi connectivity index (χ2v) is 3.78. The first-order valence-corrected chi connectivity index (χ1v) is 4.97. The molecular formula is C12H14O4. The van der Waals surface area contributed by atoms with Crippen molar-refractivity contribution >= 4 is 11.9 Å². The molecule has 0 aliphatic heterocycles. The van der Waals surface area contributed by atoms with Gasteiger partial charge in [-0.25, -0.2) is 4.79 Å². The smallest absolute Gasteiger partial charge is 0.335 e. The fraction of sp³-hybridized carbons (Fsp3) is 0.333. The molecule has 0 unspecified atom stereocenters. The zero-order valence-corrected chi connectivity index (χ0v) is 9.28. The molecule has 0 aromatic heterocycles. The van der Waals surface area contributed by atoms with Gasteiger partial charge in [0, 0.05) is 6.42 Å². The van der Waals surface area contributed by atoms with Crippen molar-refractivity contribution < 1.29 is 19.8 Å². The highest BCUT2D eigenvalue weighted by atomic mass is 16.4. The summed E-state index contributed by atoms with van der Waals surface area (Å²) in [7, 11) is 0. The first-order chi connectivity index (χ1) is 7.41. The van der Waals surface area contributed by atoms with E-state index < -0.39 is 11.9 Å². The van der Waals surface area contributed by atoms with Crippen LogP contribution in [-0.4, -0.2) is 22.2 Å². The van der Waals surface area contributed by atoms with Crippen molar-refractivity contribution in [1.82, 2.24) is 0 Å². The summed E-state index contributed by atoms with van der Waals surface area (Å²) in [5, 5.41) is 17.5. The lowest BCUT2D eigenvalue weighted by atomic mass is 9.96. The van der Waals surface area contributed by atoms with Crippen LogP contribution in [0, 0.1) is 13.8 Å². The van der Waals surface area contributed by atoms with E-state index in [2.05, 4.69) is 0 Å². The Bertz CT molecular complexity index is 435. The number of benzene rings is 1. The van der Waals surface area contributed by atoms with E-state index in [9.17, 15) is 9.59 Å². The molecule has 0 bridgehead atoms. The standard InChI is InChI=1S/C12H14O4/c1-7-5-10(12(15)16)6-9(8(7)2)3-4-11(13)14/h5-6H,3-4H2,1-2H3,(H,13,14)(H,15,16). The molecule has 0 atom stereocenters. The van der Waals surface area contributed by atoms with Gasteiger partial charge in [-0.3, -0.25) is 4.79 Å². The molecule has 16 heavy (non-hydrogen) atoms. The van der Waals surface area contributed by atoms with Gasteiger partial charge in [0.25, 0.3) is 0 Å². The lowest BCUT2D eigenvalue weighted by Gasteiger charge is -2.09.